The van der Waals surface area contributed by atoms with Crippen molar-refractivity contribution in [2.75, 3.05) is 59.3 Å². The summed E-state index contributed by atoms with van der Waals surface area (Å²) in [6, 6.07) is 13.8. The number of H-pyrrole nitrogens is 1. The van der Waals surface area contributed by atoms with Crippen LogP contribution in [0.3, 0.4) is 0 Å². The number of piperazine rings is 1. The van der Waals surface area contributed by atoms with Crippen LogP contribution in [0.1, 0.15) is 13.8 Å². The number of benzene rings is 2. The van der Waals surface area contributed by atoms with Crippen molar-refractivity contribution in [1.29, 1.82) is 0 Å². The third kappa shape index (κ3) is 5.76. The van der Waals surface area contributed by atoms with E-state index >= 15 is 4.39 Å². The molecule has 0 unspecified atom stereocenters. The monoisotopic (exact) mass is 552 g/mol. The summed E-state index contributed by atoms with van der Waals surface area (Å²) >= 11 is 0. The molecule has 0 amide bonds. The second-order valence-electron chi connectivity index (χ2n) is 10.0. The van der Waals surface area contributed by atoms with Crippen LogP contribution in [0.5, 0.6) is 0 Å². The van der Waals surface area contributed by atoms with E-state index in [1.54, 1.807) is 30.5 Å². The predicted molar refractivity (Wildman–Crippen MR) is 155 cm³/mol. The minimum absolute atomic E-state index is 0.264. The van der Waals surface area contributed by atoms with Crippen LogP contribution in [-0.4, -0.2) is 73.8 Å². The number of aromatic nitrogens is 3. The van der Waals surface area contributed by atoms with Crippen molar-refractivity contribution in [3.05, 3.63) is 60.5 Å². The summed E-state index contributed by atoms with van der Waals surface area (Å²) in [7, 11) is -1.47. The lowest BCUT2D eigenvalue weighted by atomic mass is 10.2. The number of aromatic amines is 1. The zero-order valence-electron chi connectivity index (χ0n) is 22.4. The zero-order valence-corrected chi connectivity index (χ0v) is 23.3. The second-order valence-corrected chi connectivity index (χ2v) is 11.9. The SMILES string of the molecule is CC(C)N(c1ccccc1Nc1nc(Nc2ccc(N3CCN(C)CC3)c(F)c2)nc2[nH]ccc12)S(C)(=O)=O. The smallest absolute Gasteiger partial charge is 0.232 e. The first kappa shape index (κ1) is 26.7. The van der Waals surface area contributed by atoms with Crippen LogP contribution in [0.25, 0.3) is 11.0 Å². The molecule has 4 aromatic rings. The van der Waals surface area contributed by atoms with Gasteiger partial charge < -0.3 is 25.4 Å². The maximum absolute atomic E-state index is 15.1. The highest BCUT2D eigenvalue weighted by Gasteiger charge is 2.24. The molecule has 0 atom stereocenters. The molecule has 12 heteroatoms. The number of nitrogens with one attached hydrogen (secondary N) is 3. The first-order chi connectivity index (χ1) is 18.6. The van der Waals surface area contributed by atoms with Gasteiger partial charge in [0.1, 0.15) is 17.3 Å². The zero-order chi connectivity index (χ0) is 27.7. The minimum Gasteiger partial charge on any atom is -0.367 e. The number of sulfonamides is 1. The summed E-state index contributed by atoms with van der Waals surface area (Å²) in [6.07, 6.45) is 2.94. The van der Waals surface area contributed by atoms with Crippen LogP contribution in [0.2, 0.25) is 0 Å². The number of rotatable bonds is 8. The van der Waals surface area contributed by atoms with Gasteiger partial charge in [-0.15, -0.1) is 0 Å². The highest BCUT2D eigenvalue weighted by atomic mass is 32.2. The van der Waals surface area contributed by atoms with Crippen LogP contribution in [0, 0.1) is 5.82 Å². The quantitative estimate of drug-likeness (QED) is 0.293. The number of hydrogen-bond donors (Lipinski definition) is 3. The fraction of sp³-hybridized carbons (Fsp3) is 0.333. The molecule has 206 valence electrons. The molecule has 0 spiro atoms. The standard InChI is InChI=1S/C27H33FN8O2S/c1-18(2)36(39(4,37)38)24-8-6-5-7-22(24)31-26-20-11-12-29-25(20)32-27(33-26)30-19-9-10-23(21(28)17-19)35-15-13-34(3)14-16-35/h5-12,17-18H,13-16H2,1-4H3,(H3,29,30,31,32,33). The Labute approximate surface area is 227 Å². The van der Waals surface area contributed by atoms with E-state index < -0.39 is 10.0 Å². The summed E-state index contributed by atoms with van der Waals surface area (Å²) in [4.78, 5) is 16.6. The van der Waals surface area contributed by atoms with Crippen molar-refractivity contribution < 1.29 is 12.8 Å². The van der Waals surface area contributed by atoms with Crippen molar-refractivity contribution >= 4 is 55.6 Å². The maximum atomic E-state index is 15.1. The highest BCUT2D eigenvalue weighted by Crippen LogP contribution is 2.34. The number of fused-ring (bicyclic) bond motifs is 1. The van der Waals surface area contributed by atoms with Gasteiger partial charge in [-0.05, 0) is 57.3 Å². The van der Waals surface area contributed by atoms with E-state index in [0.717, 1.165) is 31.6 Å². The molecule has 10 nitrogen and oxygen atoms in total. The van der Waals surface area contributed by atoms with Crippen molar-refractivity contribution in [2.45, 2.75) is 19.9 Å². The van der Waals surface area contributed by atoms with E-state index in [4.69, 9.17) is 0 Å². The number of halogens is 1. The molecule has 0 bridgehead atoms. The van der Waals surface area contributed by atoms with E-state index in [1.165, 1.54) is 16.6 Å². The molecule has 3 N–H and O–H groups in total. The molecule has 39 heavy (non-hydrogen) atoms. The molecule has 5 rings (SSSR count). The van der Waals surface area contributed by atoms with Crippen LogP contribution in [0.4, 0.5) is 38.9 Å². The van der Waals surface area contributed by atoms with Crippen LogP contribution in [0.15, 0.2) is 54.7 Å². The molecule has 1 aliphatic rings. The second kappa shape index (κ2) is 10.7. The van der Waals surface area contributed by atoms with Crippen molar-refractivity contribution in [1.82, 2.24) is 19.9 Å². The summed E-state index contributed by atoms with van der Waals surface area (Å²) in [6.45, 7) is 6.97. The Bertz CT molecular complexity index is 1580. The molecule has 0 saturated carbocycles. The van der Waals surface area contributed by atoms with Gasteiger partial charge >= 0.3 is 0 Å². The van der Waals surface area contributed by atoms with Gasteiger partial charge in [0.15, 0.2) is 0 Å². The average molecular weight is 553 g/mol. The van der Waals surface area contributed by atoms with E-state index in [2.05, 4.69) is 42.4 Å². The Kier molecular flexibility index (Phi) is 7.32. The van der Waals surface area contributed by atoms with E-state index in [-0.39, 0.29) is 17.8 Å². The topological polar surface area (TPSA) is 109 Å². The number of anilines is 6. The van der Waals surface area contributed by atoms with Gasteiger partial charge in [-0.25, -0.2) is 12.8 Å². The van der Waals surface area contributed by atoms with Gasteiger partial charge in [-0.1, -0.05) is 12.1 Å². The van der Waals surface area contributed by atoms with E-state index in [9.17, 15) is 8.42 Å². The fourth-order valence-corrected chi connectivity index (χ4v) is 6.13. The lowest BCUT2D eigenvalue weighted by Crippen LogP contribution is -2.44. The Morgan fingerprint density at radius 1 is 1.03 bits per heavy atom. The Hall–Kier alpha value is -3.90. The van der Waals surface area contributed by atoms with Crippen LogP contribution >= 0.6 is 0 Å². The number of hydrogen-bond acceptors (Lipinski definition) is 8. The molecule has 2 aromatic carbocycles. The lowest BCUT2D eigenvalue weighted by Gasteiger charge is -2.34. The molecule has 0 radical (unpaired) electrons. The molecule has 1 aliphatic heterocycles. The van der Waals surface area contributed by atoms with Crippen LogP contribution in [-0.2, 0) is 10.0 Å². The first-order valence-corrected chi connectivity index (χ1v) is 14.7. The Balaban J connectivity index is 1.45. The molecular formula is C27H33FN8O2S. The third-order valence-corrected chi connectivity index (χ3v) is 8.02. The molecule has 1 fully saturated rings. The number of para-hydroxylation sites is 2. The molecule has 0 aliphatic carbocycles. The summed E-state index contributed by atoms with van der Waals surface area (Å²) in [5.41, 5.74) is 2.75. The number of likely N-dealkylation sites (N-methyl/N-ethyl adjacent to an activating group) is 1. The van der Waals surface area contributed by atoms with E-state index in [1.807, 2.05) is 32.0 Å². The first-order valence-electron chi connectivity index (χ1n) is 12.8. The Morgan fingerprint density at radius 3 is 2.46 bits per heavy atom. The minimum atomic E-state index is -3.53. The predicted octanol–water partition coefficient (Wildman–Crippen LogP) is 4.51. The average Bonchev–Trinajstić information content (AvgIpc) is 3.34. The largest absolute Gasteiger partial charge is 0.367 e. The van der Waals surface area contributed by atoms with Gasteiger partial charge in [0.05, 0.1) is 28.7 Å². The maximum Gasteiger partial charge on any atom is 0.232 e. The van der Waals surface area contributed by atoms with E-state index in [0.29, 0.717) is 34.2 Å². The fourth-order valence-electron chi connectivity index (χ4n) is 4.85. The third-order valence-electron chi connectivity index (χ3n) is 6.68. The summed E-state index contributed by atoms with van der Waals surface area (Å²) < 4.78 is 41.6. The normalized spacial score (nSPS) is 14.7. The molecule has 1 saturated heterocycles. The van der Waals surface area contributed by atoms with Gasteiger partial charge in [-0.2, -0.15) is 9.97 Å². The summed E-state index contributed by atoms with van der Waals surface area (Å²) in [5, 5.41) is 7.14. The summed E-state index contributed by atoms with van der Waals surface area (Å²) in [5.74, 6) is 0.427. The lowest BCUT2D eigenvalue weighted by molar-refractivity contribution is 0.311. The van der Waals surface area contributed by atoms with Crippen molar-refractivity contribution in [3.63, 3.8) is 0 Å². The number of nitrogens with zero attached hydrogens (tertiary/aromatic N) is 5. The Morgan fingerprint density at radius 2 is 1.77 bits per heavy atom. The highest BCUT2D eigenvalue weighted by molar-refractivity contribution is 7.92. The van der Waals surface area contributed by atoms with Gasteiger partial charge in [-0.3, -0.25) is 4.31 Å². The van der Waals surface area contributed by atoms with Gasteiger partial charge in [0, 0.05) is 44.1 Å². The molecule has 2 aromatic heterocycles. The van der Waals surface area contributed by atoms with Gasteiger partial charge in [0.25, 0.3) is 0 Å². The molecule has 3 heterocycles. The van der Waals surface area contributed by atoms with Crippen LogP contribution < -0.4 is 19.8 Å². The van der Waals surface area contributed by atoms with Crippen molar-refractivity contribution in [3.8, 4) is 0 Å². The van der Waals surface area contributed by atoms with Gasteiger partial charge in [0.2, 0.25) is 16.0 Å². The van der Waals surface area contributed by atoms with Crippen molar-refractivity contribution in [2.24, 2.45) is 0 Å². The molecular weight excluding hydrogens is 519 g/mol.